The van der Waals surface area contributed by atoms with Crippen molar-refractivity contribution in [1.29, 1.82) is 0 Å². The third kappa shape index (κ3) is 3.37. The lowest BCUT2D eigenvalue weighted by molar-refractivity contribution is 0.318. The van der Waals surface area contributed by atoms with Crippen LogP contribution in [0.4, 0.5) is 0 Å². The van der Waals surface area contributed by atoms with E-state index >= 15 is 0 Å². The minimum absolute atomic E-state index is 0.695. The van der Waals surface area contributed by atoms with Gasteiger partial charge in [-0.2, -0.15) is 0 Å². The van der Waals surface area contributed by atoms with Crippen LogP contribution in [0.15, 0.2) is 42.5 Å². The normalized spacial score (nSPS) is 12.8. The average Bonchev–Trinajstić information content (AvgIpc) is 2.97. The van der Waals surface area contributed by atoms with E-state index in [1.807, 2.05) is 25.2 Å². The van der Waals surface area contributed by atoms with Crippen LogP contribution < -0.4 is 14.8 Å². The van der Waals surface area contributed by atoms with Crippen LogP contribution in [0.25, 0.3) is 0 Å². The molecule has 21 heavy (non-hydrogen) atoms. The number of fused-ring (bicyclic) bond motifs is 1. The largest absolute Gasteiger partial charge is 0.493 e. The van der Waals surface area contributed by atoms with E-state index in [0.29, 0.717) is 6.61 Å². The summed E-state index contributed by atoms with van der Waals surface area (Å²) in [6.45, 7) is 2.33. The lowest BCUT2D eigenvalue weighted by Gasteiger charge is -2.11. The fraction of sp³-hybridized carbons (Fsp3) is 0.333. The van der Waals surface area contributed by atoms with Crippen molar-refractivity contribution >= 4 is 0 Å². The molecule has 0 aromatic heterocycles. The molecular formula is C18H21NO2. The maximum atomic E-state index is 5.94. The van der Waals surface area contributed by atoms with Crippen molar-refractivity contribution in [3.63, 3.8) is 0 Å². The average molecular weight is 283 g/mol. The second-order valence-corrected chi connectivity index (χ2v) is 5.28. The van der Waals surface area contributed by atoms with Crippen LogP contribution in [0.1, 0.15) is 16.7 Å². The van der Waals surface area contributed by atoms with E-state index in [1.165, 1.54) is 16.7 Å². The summed E-state index contributed by atoms with van der Waals surface area (Å²) in [7, 11) is 1.95. The smallest absolute Gasteiger partial charge is 0.123 e. The maximum Gasteiger partial charge on any atom is 0.123 e. The van der Waals surface area contributed by atoms with Gasteiger partial charge in [0.2, 0.25) is 0 Å². The molecule has 0 radical (unpaired) electrons. The van der Waals surface area contributed by atoms with E-state index < -0.39 is 0 Å². The van der Waals surface area contributed by atoms with Crippen LogP contribution in [-0.4, -0.2) is 20.3 Å². The Balaban J connectivity index is 1.59. The quantitative estimate of drug-likeness (QED) is 0.884. The van der Waals surface area contributed by atoms with E-state index in [2.05, 4.69) is 29.6 Å². The van der Waals surface area contributed by atoms with Crippen molar-refractivity contribution in [3.8, 4) is 11.5 Å². The number of benzene rings is 2. The van der Waals surface area contributed by atoms with Crippen molar-refractivity contribution in [2.75, 3.05) is 20.3 Å². The zero-order chi connectivity index (χ0) is 14.5. The number of rotatable bonds is 6. The van der Waals surface area contributed by atoms with Gasteiger partial charge < -0.3 is 14.8 Å². The van der Waals surface area contributed by atoms with Gasteiger partial charge in [-0.1, -0.05) is 30.3 Å². The van der Waals surface area contributed by atoms with E-state index in [4.69, 9.17) is 9.47 Å². The molecule has 110 valence electrons. The lowest BCUT2D eigenvalue weighted by Crippen LogP contribution is -2.09. The molecule has 3 heteroatoms. The summed E-state index contributed by atoms with van der Waals surface area (Å²) in [4.78, 5) is 0. The van der Waals surface area contributed by atoms with E-state index in [9.17, 15) is 0 Å². The van der Waals surface area contributed by atoms with Gasteiger partial charge in [-0.25, -0.2) is 0 Å². The minimum atomic E-state index is 0.695. The SMILES string of the molecule is CNCc1ccccc1OCCc1ccc2c(c1)CCO2. The third-order valence-corrected chi connectivity index (χ3v) is 3.74. The Bertz CT molecular complexity index is 610. The molecule has 0 bridgehead atoms. The summed E-state index contributed by atoms with van der Waals surface area (Å²) in [5, 5.41) is 3.17. The molecule has 1 aliphatic rings. The Labute approximate surface area is 125 Å². The van der Waals surface area contributed by atoms with Crippen LogP contribution >= 0.6 is 0 Å². The van der Waals surface area contributed by atoms with Gasteiger partial charge in [0.15, 0.2) is 0 Å². The van der Waals surface area contributed by atoms with Crippen molar-refractivity contribution in [1.82, 2.24) is 5.32 Å². The topological polar surface area (TPSA) is 30.5 Å². The number of nitrogens with one attached hydrogen (secondary N) is 1. The summed E-state index contributed by atoms with van der Waals surface area (Å²) in [5.74, 6) is 2.01. The second kappa shape index (κ2) is 6.64. The van der Waals surface area contributed by atoms with Crippen molar-refractivity contribution in [2.24, 2.45) is 0 Å². The van der Waals surface area contributed by atoms with Gasteiger partial charge in [-0.15, -0.1) is 0 Å². The van der Waals surface area contributed by atoms with E-state index in [0.717, 1.165) is 37.5 Å². The van der Waals surface area contributed by atoms with Crippen molar-refractivity contribution in [3.05, 3.63) is 59.2 Å². The molecule has 0 saturated heterocycles. The molecule has 1 N–H and O–H groups in total. The summed E-state index contributed by atoms with van der Waals surface area (Å²) < 4.78 is 11.5. The Morgan fingerprint density at radius 1 is 1.19 bits per heavy atom. The first-order valence-electron chi connectivity index (χ1n) is 7.47. The molecule has 0 amide bonds. The molecule has 0 atom stereocenters. The molecule has 3 rings (SSSR count). The second-order valence-electron chi connectivity index (χ2n) is 5.28. The summed E-state index contributed by atoms with van der Waals surface area (Å²) in [6.07, 6.45) is 1.94. The molecule has 2 aromatic rings. The van der Waals surface area contributed by atoms with Crippen LogP contribution in [0.3, 0.4) is 0 Å². The highest BCUT2D eigenvalue weighted by atomic mass is 16.5. The van der Waals surface area contributed by atoms with Crippen LogP contribution in [0.5, 0.6) is 11.5 Å². The zero-order valence-electron chi connectivity index (χ0n) is 12.4. The van der Waals surface area contributed by atoms with Gasteiger partial charge in [-0.3, -0.25) is 0 Å². The number of ether oxygens (including phenoxy) is 2. The predicted molar refractivity (Wildman–Crippen MR) is 84.0 cm³/mol. The van der Waals surface area contributed by atoms with Gasteiger partial charge in [0.05, 0.1) is 13.2 Å². The molecule has 0 spiro atoms. The predicted octanol–water partition coefficient (Wildman–Crippen LogP) is 2.96. The molecule has 0 aliphatic carbocycles. The third-order valence-electron chi connectivity index (χ3n) is 3.74. The first-order chi connectivity index (χ1) is 10.4. The first kappa shape index (κ1) is 14.0. The molecule has 3 nitrogen and oxygen atoms in total. The van der Waals surface area contributed by atoms with Gasteiger partial charge >= 0.3 is 0 Å². The Hall–Kier alpha value is -2.00. The number of hydrogen-bond donors (Lipinski definition) is 1. The Kier molecular flexibility index (Phi) is 4.41. The molecule has 0 saturated carbocycles. The summed E-state index contributed by atoms with van der Waals surface area (Å²) in [6, 6.07) is 14.6. The van der Waals surface area contributed by atoms with Gasteiger partial charge in [-0.05, 0) is 30.3 Å². The highest BCUT2D eigenvalue weighted by molar-refractivity contribution is 5.40. The van der Waals surface area contributed by atoms with Crippen molar-refractivity contribution in [2.45, 2.75) is 19.4 Å². The van der Waals surface area contributed by atoms with Gasteiger partial charge in [0.25, 0.3) is 0 Å². The van der Waals surface area contributed by atoms with Crippen molar-refractivity contribution < 1.29 is 9.47 Å². The van der Waals surface area contributed by atoms with Gasteiger partial charge in [0, 0.05) is 24.9 Å². The standard InChI is InChI=1S/C18H21NO2/c1-19-13-16-4-2-3-5-17(16)20-10-8-14-6-7-18-15(12-14)9-11-21-18/h2-7,12,19H,8-11,13H2,1H3. The lowest BCUT2D eigenvalue weighted by atomic mass is 10.1. The molecule has 1 heterocycles. The molecular weight excluding hydrogens is 262 g/mol. The van der Waals surface area contributed by atoms with Crippen LogP contribution in [-0.2, 0) is 19.4 Å². The fourth-order valence-electron chi connectivity index (χ4n) is 2.66. The summed E-state index contributed by atoms with van der Waals surface area (Å²) >= 11 is 0. The number of hydrogen-bond acceptors (Lipinski definition) is 3. The molecule has 1 aliphatic heterocycles. The highest BCUT2D eigenvalue weighted by Crippen LogP contribution is 2.26. The minimum Gasteiger partial charge on any atom is -0.493 e. The first-order valence-corrected chi connectivity index (χ1v) is 7.47. The van der Waals surface area contributed by atoms with Crippen LogP contribution in [0.2, 0.25) is 0 Å². The number of para-hydroxylation sites is 1. The monoisotopic (exact) mass is 283 g/mol. The summed E-state index contributed by atoms with van der Waals surface area (Å²) in [5.41, 5.74) is 3.83. The maximum absolute atomic E-state index is 5.94. The van der Waals surface area contributed by atoms with E-state index in [-0.39, 0.29) is 0 Å². The Morgan fingerprint density at radius 2 is 2.10 bits per heavy atom. The molecule has 0 unspecified atom stereocenters. The molecule has 2 aromatic carbocycles. The van der Waals surface area contributed by atoms with E-state index in [1.54, 1.807) is 0 Å². The Morgan fingerprint density at radius 3 is 3.00 bits per heavy atom. The fourth-order valence-corrected chi connectivity index (χ4v) is 2.66. The van der Waals surface area contributed by atoms with Crippen LogP contribution in [0, 0.1) is 0 Å². The zero-order valence-corrected chi connectivity index (χ0v) is 12.4. The van der Waals surface area contributed by atoms with Gasteiger partial charge in [0.1, 0.15) is 11.5 Å². The highest BCUT2D eigenvalue weighted by Gasteiger charge is 2.11. The molecule has 0 fully saturated rings.